The zero-order chi connectivity index (χ0) is 17.7. The Balaban J connectivity index is 2.43. The van der Waals surface area contributed by atoms with Crippen molar-refractivity contribution in [3.05, 3.63) is 40.4 Å². The van der Waals surface area contributed by atoms with Crippen LogP contribution in [0.15, 0.2) is 30.3 Å². The van der Waals surface area contributed by atoms with E-state index in [0.29, 0.717) is 16.5 Å². The third-order valence-electron chi connectivity index (χ3n) is 3.35. The Morgan fingerprint density at radius 2 is 1.79 bits per heavy atom. The molecule has 0 spiro atoms. The molecule has 0 unspecified atom stereocenters. The lowest BCUT2D eigenvalue weighted by atomic mass is 10.1. The fraction of sp³-hybridized carbons (Fsp3) is 0.333. The first-order chi connectivity index (χ1) is 11.4. The highest BCUT2D eigenvalue weighted by molar-refractivity contribution is 7.53. The minimum Gasteiger partial charge on any atom is -0.397 e. The number of hydrogen-bond acceptors (Lipinski definition) is 7. The van der Waals surface area contributed by atoms with Crippen molar-refractivity contribution in [1.29, 1.82) is 0 Å². The van der Waals surface area contributed by atoms with Gasteiger partial charge < -0.3 is 20.1 Å². The predicted octanol–water partition coefficient (Wildman–Crippen LogP) is 3.97. The quantitative estimate of drug-likeness (QED) is 0.319. The van der Waals surface area contributed by atoms with E-state index in [1.807, 2.05) is 0 Å². The zero-order valence-corrected chi connectivity index (χ0v) is 14.4. The molecule has 0 aliphatic rings. The van der Waals surface area contributed by atoms with E-state index in [-0.39, 0.29) is 30.9 Å². The van der Waals surface area contributed by atoms with Crippen molar-refractivity contribution in [1.82, 2.24) is 0 Å². The van der Waals surface area contributed by atoms with Crippen molar-refractivity contribution in [2.24, 2.45) is 0 Å². The van der Waals surface area contributed by atoms with Crippen LogP contribution >= 0.6 is 7.60 Å². The van der Waals surface area contributed by atoms with Gasteiger partial charge >= 0.3 is 7.60 Å². The topological polar surface area (TPSA) is 117 Å². The van der Waals surface area contributed by atoms with Gasteiger partial charge in [-0.3, -0.25) is 14.7 Å². The summed E-state index contributed by atoms with van der Waals surface area (Å²) >= 11 is 0. The van der Waals surface area contributed by atoms with Crippen LogP contribution in [0, 0.1) is 10.1 Å². The molecule has 3 N–H and O–H groups in total. The van der Waals surface area contributed by atoms with Crippen LogP contribution < -0.4 is 11.1 Å². The number of benzene rings is 2. The Labute approximate surface area is 139 Å². The van der Waals surface area contributed by atoms with Crippen molar-refractivity contribution in [2.75, 3.05) is 30.6 Å². The molecule has 0 radical (unpaired) electrons. The van der Waals surface area contributed by atoms with E-state index in [1.165, 1.54) is 6.07 Å². The zero-order valence-electron chi connectivity index (χ0n) is 13.5. The molecule has 130 valence electrons. The number of nitro benzene ring substituents is 1. The van der Waals surface area contributed by atoms with Gasteiger partial charge in [0, 0.05) is 11.5 Å². The minimum absolute atomic E-state index is 0.0774. The SMILES string of the molecule is CCOP(=O)(CNc1c(N)cc([N+](=O)[O-])c2ccccc12)OCC. The fourth-order valence-electron chi connectivity index (χ4n) is 2.42. The Morgan fingerprint density at radius 3 is 2.33 bits per heavy atom. The lowest BCUT2D eigenvalue weighted by Crippen LogP contribution is -2.10. The molecule has 0 aliphatic heterocycles. The van der Waals surface area contributed by atoms with Gasteiger partial charge in [-0.15, -0.1) is 0 Å². The molecule has 9 heteroatoms. The first-order valence-electron chi connectivity index (χ1n) is 7.49. The van der Waals surface area contributed by atoms with Crippen LogP contribution in [-0.4, -0.2) is 24.4 Å². The van der Waals surface area contributed by atoms with Crippen LogP contribution in [0.5, 0.6) is 0 Å². The maximum Gasteiger partial charge on any atom is 0.349 e. The summed E-state index contributed by atoms with van der Waals surface area (Å²) in [6.07, 6.45) is -0.0827. The third kappa shape index (κ3) is 3.84. The Hall–Kier alpha value is -2.15. The predicted molar refractivity (Wildman–Crippen MR) is 94.4 cm³/mol. The number of nitrogen functional groups attached to an aromatic ring is 1. The number of nitrogens with zero attached hydrogens (tertiary/aromatic N) is 1. The maximum absolute atomic E-state index is 12.6. The molecule has 2 rings (SSSR count). The molecular formula is C15H20N3O5P. The van der Waals surface area contributed by atoms with Crippen LogP contribution in [0.3, 0.4) is 0 Å². The van der Waals surface area contributed by atoms with E-state index in [4.69, 9.17) is 14.8 Å². The van der Waals surface area contributed by atoms with E-state index in [0.717, 1.165) is 0 Å². The smallest absolute Gasteiger partial charge is 0.349 e. The monoisotopic (exact) mass is 353 g/mol. The normalized spacial score (nSPS) is 11.6. The Bertz CT molecular complexity index is 786. The molecule has 0 fully saturated rings. The van der Waals surface area contributed by atoms with Crippen molar-refractivity contribution in [3.8, 4) is 0 Å². The summed E-state index contributed by atoms with van der Waals surface area (Å²) in [7, 11) is -3.31. The van der Waals surface area contributed by atoms with E-state index in [1.54, 1.807) is 38.1 Å². The van der Waals surface area contributed by atoms with Gasteiger partial charge in [0.1, 0.15) is 6.29 Å². The van der Waals surface area contributed by atoms with E-state index < -0.39 is 12.5 Å². The van der Waals surface area contributed by atoms with Crippen LogP contribution in [-0.2, 0) is 13.6 Å². The summed E-state index contributed by atoms with van der Waals surface area (Å²) in [4.78, 5) is 10.7. The number of anilines is 2. The van der Waals surface area contributed by atoms with Crippen LogP contribution in [0.4, 0.5) is 17.1 Å². The highest BCUT2D eigenvalue weighted by atomic mass is 31.2. The standard InChI is InChI=1S/C15H20N3O5P/c1-3-22-24(21,23-4-2)10-17-15-12-8-6-5-7-11(12)14(18(19)20)9-13(15)16/h5-9,17H,3-4,10,16H2,1-2H3. The molecule has 0 atom stereocenters. The number of rotatable bonds is 8. The molecule has 2 aromatic carbocycles. The largest absolute Gasteiger partial charge is 0.397 e. The molecule has 24 heavy (non-hydrogen) atoms. The highest BCUT2D eigenvalue weighted by Gasteiger charge is 2.25. The fourth-order valence-corrected chi connectivity index (χ4v) is 3.82. The summed E-state index contributed by atoms with van der Waals surface area (Å²) in [5, 5.41) is 15.2. The lowest BCUT2D eigenvalue weighted by Gasteiger charge is -2.19. The first kappa shape index (κ1) is 18.2. The van der Waals surface area contributed by atoms with Crippen LogP contribution in [0.1, 0.15) is 13.8 Å². The minimum atomic E-state index is -3.31. The van der Waals surface area contributed by atoms with Gasteiger partial charge in [0.2, 0.25) is 0 Å². The molecule has 0 aliphatic carbocycles. The summed E-state index contributed by atoms with van der Waals surface area (Å²) in [6, 6.07) is 8.11. The molecule has 8 nitrogen and oxygen atoms in total. The van der Waals surface area contributed by atoms with Gasteiger partial charge in [-0.1, -0.05) is 18.2 Å². The Morgan fingerprint density at radius 1 is 1.21 bits per heavy atom. The van der Waals surface area contributed by atoms with Crippen molar-refractivity contribution in [3.63, 3.8) is 0 Å². The van der Waals surface area contributed by atoms with Crippen molar-refractivity contribution in [2.45, 2.75) is 13.8 Å². The van der Waals surface area contributed by atoms with Crippen LogP contribution in [0.2, 0.25) is 0 Å². The van der Waals surface area contributed by atoms with Crippen LogP contribution in [0.25, 0.3) is 10.8 Å². The average molecular weight is 353 g/mol. The van der Waals surface area contributed by atoms with E-state index >= 15 is 0 Å². The number of non-ortho nitro benzene ring substituents is 1. The first-order valence-corrected chi connectivity index (χ1v) is 9.22. The van der Waals surface area contributed by atoms with Gasteiger partial charge in [0.15, 0.2) is 0 Å². The average Bonchev–Trinajstić information content (AvgIpc) is 2.53. The number of nitrogens with two attached hydrogens (primary N) is 1. The Kier molecular flexibility index (Phi) is 5.77. The number of nitro groups is 1. The van der Waals surface area contributed by atoms with Crippen molar-refractivity contribution < 1.29 is 18.5 Å². The summed E-state index contributed by atoms with van der Waals surface area (Å²) < 4.78 is 23.0. The second-order valence-corrected chi connectivity index (χ2v) is 7.00. The van der Waals surface area contributed by atoms with E-state index in [2.05, 4.69) is 5.32 Å². The molecule has 0 saturated heterocycles. The lowest BCUT2D eigenvalue weighted by molar-refractivity contribution is -0.383. The molecule has 2 aromatic rings. The third-order valence-corrected chi connectivity index (χ3v) is 5.20. The molecular weight excluding hydrogens is 333 g/mol. The van der Waals surface area contributed by atoms with E-state index in [9.17, 15) is 14.7 Å². The number of nitrogens with one attached hydrogen (secondary N) is 1. The number of fused-ring (bicyclic) bond motifs is 1. The summed E-state index contributed by atoms with van der Waals surface area (Å²) in [6.45, 7) is 3.94. The number of hydrogen-bond donors (Lipinski definition) is 2. The maximum atomic E-state index is 12.6. The summed E-state index contributed by atoms with van der Waals surface area (Å²) in [5.74, 6) is 0. The van der Waals surface area contributed by atoms with Gasteiger partial charge in [-0.05, 0) is 19.9 Å². The van der Waals surface area contributed by atoms with Crippen molar-refractivity contribution >= 4 is 35.4 Å². The van der Waals surface area contributed by atoms with Gasteiger partial charge in [0.05, 0.1) is 34.9 Å². The van der Waals surface area contributed by atoms with Gasteiger partial charge in [-0.25, -0.2) is 0 Å². The summed E-state index contributed by atoms with van der Waals surface area (Å²) in [5.41, 5.74) is 6.55. The molecule has 0 bridgehead atoms. The molecule has 0 aromatic heterocycles. The molecule has 0 amide bonds. The second kappa shape index (κ2) is 7.61. The molecule has 0 saturated carbocycles. The molecule has 0 heterocycles. The second-order valence-electron chi connectivity index (χ2n) is 4.94. The van der Waals surface area contributed by atoms with Gasteiger partial charge in [-0.2, -0.15) is 0 Å². The highest BCUT2D eigenvalue weighted by Crippen LogP contribution is 2.48. The van der Waals surface area contributed by atoms with Gasteiger partial charge in [0.25, 0.3) is 5.69 Å².